The van der Waals surface area contributed by atoms with Crippen molar-refractivity contribution in [2.75, 3.05) is 18.5 Å². The van der Waals surface area contributed by atoms with Crippen molar-refractivity contribution in [3.63, 3.8) is 0 Å². The first-order valence-corrected chi connectivity index (χ1v) is 9.17. The lowest BCUT2D eigenvalue weighted by Gasteiger charge is -2.16. The quantitative estimate of drug-likeness (QED) is 0.777. The summed E-state index contributed by atoms with van der Waals surface area (Å²) in [6, 6.07) is 3.79. The van der Waals surface area contributed by atoms with E-state index in [1.165, 1.54) is 16.8 Å². The zero-order valence-corrected chi connectivity index (χ0v) is 14.8. The van der Waals surface area contributed by atoms with Gasteiger partial charge in [-0.2, -0.15) is 18.3 Å². The molecule has 4 nitrogen and oxygen atoms in total. The highest BCUT2D eigenvalue weighted by molar-refractivity contribution is 6.30. The lowest BCUT2D eigenvalue weighted by molar-refractivity contribution is -0.137. The summed E-state index contributed by atoms with van der Waals surface area (Å²) in [4.78, 5) is 0. The molecule has 0 radical (unpaired) electrons. The third-order valence-electron chi connectivity index (χ3n) is 4.89. The van der Waals surface area contributed by atoms with E-state index in [9.17, 15) is 13.2 Å². The van der Waals surface area contributed by atoms with Gasteiger partial charge in [0.05, 0.1) is 16.9 Å². The molecular formula is C18H19ClF3N3O. The Kier molecular flexibility index (Phi) is 4.61. The third-order valence-corrected chi connectivity index (χ3v) is 5.12. The van der Waals surface area contributed by atoms with Crippen LogP contribution in [0.25, 0.3) is 5.69 Å². The van der Waals surface area contributed by atoms with Crippen LogP contribution in [-0.4, -0.2) is 22.9 Å². The van der Waals surface area contributed by atoms with E-state index in [-0.39, 0.29) is 16.8 Å². The molecule has 0 saturated carbocycles. The van der Waals surface area contributed by atoms with Gasteiger partial charge >= 0.3 is 6.18 Å². The van der Waals surface area contributed by atoms with E-state index in [0.717, 1.165) is 49.4 Å². The number of benzene rings is 1. The van der Waals surface area contributed by atoms with Crippen molar-refractivity contribution in [3.8, 4) is 5.69 Å². The van der Waals surface area contributed by atoms with Gasteiger partial charge in [0.2, 0.25) is 0 Å². The van der Waals surface area contributed by atoms with Crippen molar-refractivity contribution < 1.29 is 17.9 Å². The Morgan fingerprint density at radius 3 is 2.81 bits per heavy atom. The fourth-order valence-electron chi connectivity index (χ4n) is 3.68. The Hall–Kier alpha value is -1.73. The molecule has 0 bridgehead atoms. The van der Waals surface area contributed by atoms with Crippen molar-refractivity contribution in [1.29, 1.82) is 0 Å². The van der Waals surface area contributed by atoms with Crippen molar-refractivity contribution >= 4 is 17.4 Å². The lowest BCUT2D eigenvalue weighted by atomic mass is 10.0. The maximum absolute atomic E-state index is 13.6. The van der Waals surface area contributed by atoms with E-state index in [1.54, 1.807) is 0 Å². The minimum Gasteiger partial charge on any atom is -0.372 e. The molecule has 2 aliphatic heterocycles. The fraction of sp³-hybridized carbons (Fsp3) is 0.500. The van der Waals surface area contributed by atoms with E-state index < -0.39 is 11.7 Å². The largest absolute Gasteiger partial charge is 0.418 e. The van der Waals surface area contributed by atoms with Gasteiger partial charge in [0, 0.05) is 23.7 Å². The molecule has 3 heterocycles. The van der Waals surface area contributed by atoms with Crippen LogP contribution in [0.2, 0.25) is 5.02 Å². The molecule has 4 rings (SSSR count). The summed E-state index contributed by atoms with van der Waals surface area (Å²) in [6.07, 6.45) is -0.165. The van der Waals surface area contributed by atoms with Crippen molar-refractivity contribution in [2.24, 2.45) is 0 Å². The maximum Gasteiger partial charge on any atom is 0.418 e. The molecule has 1 N–H and O–H groups in total. The van der Waals surface area contributed by atoms with Gasteiger partial charge in [0.25, 0.3) is 0 Å². The maximum atomic E-state index is 13.6. The van der Waals surface area contributed by atoms with Crippen LogP contribution in [0.3, 0.4) is 0 Å². The van der Waals surface area contributed by atoms with Crippen LogP contribution < -0.4 is 5.32 Å². The monoisotopic (exact) mass is 385 g/mol. The number of anilines is 1. The van der Waals surface area contributed by atoms with Gasteiger partial charge in [0.1, 0.15) is 11.9 Å². The molecule has 0 spiro atoms. The lowest BCUT2D eigenvalue weighted by Crippen LogP contribution is -2.14. The van der Waals surface area contributed by atoms with Crippen molar-refractivity contribution in [3.05, 3.63) is 40.0 Å². The van der Waals surface area contributed by atoms with Crippen molar-refractivity contribution in [2.45, 2.75) is 44.4 Å². The minimum atomic E-state index is -4.52. The Bertz CT molecular complexity index is 813. The molecule has 2 aromatic rings. The van der Waals surface area contributed by atoms with Gasteiger partial charge < -0.3 is 10.1 Å². The van der Waals surface area contributed by atoms with Gasteiger partial charge in [-0.15, -0.1) is 0 Å². The molecule has 140 valence electrons. The minimum absolute atomic E-state index is 0.0169. The first-order chi connectivity index (χ1) is 12.4. The number of rotatable bonds is 2. The van der Waals surface area contributed by atoms with Crippen LogP contribution in [0.5, 0.6) is 0 Å². The molecule has 0 aliphatic carbocycles. The van der Waals surface area contributed by atoms with Crippen LogP contribution in [0.4, 0.5) is 19.0 Å². The van der Waals surface area contributed by atoms with E-state index in [1.807, 2.05) is 0 Å². The number of hydrogen-bond acceptors (Lipinski definition) is 3. The summed E-state index contributed by atoms with van der Waals surface area (Å²) in [6.45, 7) is 1.37. The van der Waals surface area contributed by atoms with Crippen molar-refractivity contribution in [1.82, 2.24) is 9.78 Å². The summed E-state index contributed by atoms with van der Waals surface area (Å²) in [5, 5.41) is 7.90. The van der Waals surface area contributed by atoms with Crippen LogP contribution >= 0.6 is 11.6 Å². The second kappa shape index (κ2) is 6.78. The highest BCUT2D eigenvalue weighted by Gasteiger charge is 2.36. The number of ether oxygens (including phenoxy) is 1. The zero-order valence-electron chi connectivity index (χ0n) is 14.1. The summed E-state index contributed by atoms with van der Waals surface area (Å²) < 4.78 is 47.9. The second-order valence-electron chi connectivity index (χ2n) is 6.67. The van der Waals surface area contributed by atoms with Gasteiger partial charge in [-0.1, -0.05) is 11.6 Å². The summed E-state index contributed by atoms with van der Waals surface area (Å²) in [7, 11) is 0. The van der Waals surface area contributed by atoms with Crippen LogP contribution in [0.1, 0.15) is 48.6 Å². The number of aromatic nitrogens is 2. The average Bonchev–Trinajstić information content (AvgIpc) is 3.16. The van der Waals surface area contributed by atoms with Crippen LogP contribution in [-0.2, 0) is 17.3 Å². The molecule has 1 saturated heterocycles. The summed E-state index contributed by atoms with van der Waals surface area (Å²) in [5.41, 5.74) is 0.921. The Balaban J connectivity index is 1.90. The molecule has 2 aliphatic rings. The van der Waals surface area contributed by atoms with Gasteiger partial charge in [0.15, 0.2) is 0 Å². The van der Waals surface area contributed by atoms with Gasteiger partial charge in [-0.3, -0.25) is 0 Å². The normalized spacial score (nSPS) is 20.5. The molecular weight excluding hydrogens is 367 g/mol. The molecule has 1 aromatic heterocycles. The third kappa shape index (κ3) is 3.18. The van der Waals surface area contributed by atoms with E-state index in [0.29, 0.717) is 19.0 Å². The topological polar surface area (TPSA) is 39.1 Å². The standard InChI is InChI=1S/C18H19ClF3N3O/c19-11-6-7-14(13(10-11)18(20,21)22)25-17-12(4-1-2-8-23-17)16(24-25)15-5-3-9-26-15/h6-7,10,15,23H,1-5,8-9H2. The van der Waals surface area contributed by atoms with Crippen LogP contribution in [0, 0.1) is 0 Å². The Labute approximate surface area is 154 Å². The number of alkyl halides is 3. The number of nitrogens with one attached hydrogen (secondary N) is 1. The Morgan fingerprint density at radius 1 is 1.23 bits per heavy atom. The highest BCUT2D eigenvalue weighted by atomic mass is 35.5. The first-order valence-electron chi connectivity index (χ1n) is 8.79. The number of halogens is 4. The fourth-order valence-corrected chi connectivity index (χ4v) is 3.85. The van der Waals surface area contributed by atoms with Gasteiger partial charge in [-0.05, 0) is 50.3 Å². The zero-order chi connectivity index (χ0) is 18.3. The predicted molar refractivity (Wildman–Crippen MR) is 92.9 cm³/mol. The first kappa shape index (κ1) is 17.7. The molecule has 1 atom stereocenters. The van der Waals surface area contributed by atoms with E-state index >= 15 is 0 Å². The smallest absolute Gasteiger partial charge is 0.372 e. The number of fused-ring (bicyclic) bond motifs is 1. The average molecular weight is 386 g/mol. The molecule has 8 heteroatoms. The molecule has 1 fully saturated rings. The van der Waals surface area contributed by atoms with E-state index in [2.05, 4.69) is 10.4 Å². The summed E-state index contributed by atoms with van der Waals surface area (Å²) >= 11 is 5.82. The SMILES string of the molecule is FC(F)(F)c1cc(Cl)ccc1-n1nc(C2CCCO2)c2c1NCCCC2. The number of nitrogens with zero attached hydrogens (tertiary/aromatic N) is 2. The molecule has 0 amide bonds. The molecule has 26 heavy (non-hydrogen) atoms. The summed E-state index contributed by atoms with van der Waals surface area (Å²) in [5.74, 6) is 0.640. The van der Waals surface area contributed by atoms with Gasteiger partial charge in [-0.25, -0.2) is 4.68 Å². The Morgan fingerprint density at radius 2 is 2.08 bits per heavy atom. The second-order valence-corrected chi connectivity index (χ2v) is 7.11. The van der Waals surface area contributed by atoms with E-state index in [4.69, 9.17) is 16.3 Å². The molecule has 1 unspecified atom stereocenters. The van der Waals surface area contributed by atoms with Crippen LogP contribution in [0.15, 0.2) is 18.2 Å². The predicted octanol–water partition coefficient (Wildman–Crippen LogP) is 5.14. The number of hydrogen-bond donors (Lipinski definition) is 1. The highest BCUT2D eigenvalue weighted by Crippen LogP contribution is 2.40. The molecule has 1 aromatic carbocycles.